The monoisotopic (exact) mass is 223 g/mol. The molecule has 1 aliphatic carbocycles. The van der Waals surface area contributed by atoms with Crippen molar-refractivity contribution in [1.29, 1.82) is 0 Å². The lowest BCUT2D eigenvalue weighted by molar-refractivity contribution is 0.414. The number of anilines is 2. The van der Waals surface area contributed by atoms with E-state index in [0.717, 1.165) is 6.54 Å². The molecule has 0 amide bonds. The van der Waals surface area contributed by atoms with Gasteiger partial charge >= 0.3 is 0 Å². The van der Waals surface area contributed by atoms with Gasteiger partial charge in [-0.1, -0.05) is 6.92 Å². The van der Waals surface area contributed by atoms with Gasteiger partial charge in [-0.2, -0.15) is 0 Å². The van der Waals surface area contributed by atoms with Crippen molar-refractivity contribution in [3.63, 3.8) is 0 Å². The molecule has 88 valence electrons. The molecule has 0 saturated heterocycles. The first-order valence-electron chi connectivity index (χ1n) is 5.28. The van der Waals surface area contributed by atoms with Gasteiger partial charge in [-0.05, 0) is 18.3 Å². The minimum Gasteiger partial charge on any atom is -0.490 e. The smallest absolute Gasteiger partial charge is 0.205 e. The number of hydrazine groups is 1. The predicted octanol–water partition coefficient (Wildman–Crippen LogP) is 0.983. The highest BCUT2D eigenvalue weighted by molar-refractivity contribution is 5.63. The third-order valence-corrected chi connectivity index (χ3v) is 2.93. The summed E-state index contributed by atoms with van der Waals surface area (Å²) < 4.78 is 5.22. The highest BCUT2D eigenvalue weighted by atomic mass is 16.5. The molecule has 6 nitrogen and oxygen atoms in total. The lowest BCUT2D eigenvalue weighted by atomic mass is 10.1. The van der Waals surface area contributed by atoms with E-state index >= 15 is 0 Å². The number of hydrogen-bond donors (Lipinski definition) is 3. The molecule has 1 saturated carbocycles. The van der Waals surface area contributed by atoms with Crippen LogP contribution in [0.3, 0.4) is 0 Å². The van der Waals surface area contributed by atoms with Crippen LogP contribution >= 0.6 is 0 Å². The lowest BCUT2D eigenvalue weighted by Gasteiger charge is -2.14. The third kappa shape index (κ3) is 2.16. The highest BCUT2D eigenvalue weighted by Gasteiger charge is 2.37. The zero-order valence-corrected chi connectivity index (χ0v) is 9.58. The van der Waals surface area contributed by atoms with Gasteiger partial charge in [0.15, 0.2) is 11.6 Å². The fourth-order valence-electron chi connectivity index (χ4n) is 1.48. The Morgan fingerprint density at radius 3 is 2.69 bits per heavy atom. The van der Waals surface area contributed by atoms with Gasteiger partial charge in [0, 0.05) is 6.54 Å². The summed E-state index contributed by atoms with van der Waals surface area (Å²) >= 11 is 0. The summed E-state index contributed by atoms with van der Waals surface area (Å²) in [4.78, 5) is 8.12. The van der Waals surface area contributed by atoms with Crippen molar-refractivity contribution >= 4 is 11.6 Å². The van der Waals surface area contributed by atoms with E-state index < -0.39 is 0 Å². The van der Waals surface area contributed by atoms with Crippen molar-refractivity contribution in [3.05, 3.63) is 6.33 Å². The van der Waals surface area contributed by atoms with Crippen LogP contribution in [0.25, 0.3) is 0 Å². The minimum absolute atomic E-state index is 0.409. The maximum Gasteiger partial charge on any atom is 0.205 e. The Morgan fingerprint density at radius 1 is 1.44 bits per heavy atom. The summed E-state index contributed by atoms with van der Waals surface area (Å²) in [6, 6.07) is 0. The van der Waals surface area contributed by atoms with Crippen LogP contribution in [0.2, 0.25) is 0 Å². The van der Waals surface area contributed by atoms with Gasteiger partial charge in [-0.25, -0.2) is 15.8 Å². The molecule has 1 aromatic rings. The zero-order valence-electron chi connectivity index (χ0n) is 9.58. The van der Waals surface area contributed by atoms with Crippen molar-refractivity contribution in [2.75, 3.05) is 24.4 Å². The van der Waals surface area contributed by atoms with Crippen LogP contribution in [0.1, 0.15) is 19.8 Å². The van der Waals surface area contributed by atoms with Gasteiger partial charge in [0.25, 0.3) is 0 Å². The van der Waals surface area contributed by atoms with E-state index in [1.54, 1.807) is 7.11 Å². The standard InChI is InChI=1S/C10H17N5O/c1-10(3-4-10)5-12-8-7(16-2)9(15-11)14-6-13-8/h6H,3-5,11H2,1-2H3,(H2,12,13,14,15). The van der Waals surface area contributed by atoms with Gasteiger partial charge in [-0.15, -0.1) is 0 Å². The Bertz CT molecular complexity index is 377. The number of aromatic nitrogens is 2. The quantitative estimate of drug-likeness (QED) is 0.509. The molecule has 0 bridgehead atoms. The van der Waals surface area contributed by atoms with Crippen molar-refractivity contribution < 1.29 is 4.74 Å². The molecule has 0 aliphatic heterocycles. The number of hydrogen-bond acceptors (Lipinski definition) is 6. The van der Waals surface area contributed by atoms with Gasteiger partial charge < -0.3 is 15.5 Å². The average molecular weight is 223 g/mol. The Kier molecular flexibility index (Phi) is 2.82. The van der Waals surface area contributed by atoms with Crippen LogP contribution in [0, 0.1) is 5.41 Å². The fourth-order valence-corrected chi connectivity index (χ4v) is 1.48. The Balaban J connectivity index is 2.12. The molecule has 1 fully saturated rings. The molecule has 16 heavy (non-hydrogen) atoms. The van der Waals surface area contributed by atoms with Crippen molar-refractivity contribution in [3.8, 4) is 5.75 Å². The molecule has 2 rings (SSSR count). The van der Waals surface area contributed by atoms with Crippen molar-refractivity contribution in [2.24, 2.45) is 11.3 Å². The summed E-state index contributed by atoms with van der Waals surface area (Å²) in [5.74, 6) is 7.06. The molecule has 0 atom stereocenters. The molecular formula is C10H17N5O. The zero-order chi connectivity index (χ0) is 11.6. The number of rotatable bonds is 5. The van der Waals surface area contributed by atoms with E-state index in [1.165, 1.54) is 19.2 Å². The fraction of sp³-hybridized carbons (Fsp3) is 0.600. The number of nitrogen functional groups attached to an aromatic ring is 1. The second kappa shape index (κ2) is 4.13. The summed E-state index contributed by atoms with van der Waals surface area (Å²) in [5, 5.41) is 3.27. The highest BCUT2D eigenvalue weighted by Crippen LogP contribution is 2.45. The molecular weight excluding hydrogens is 206 g/mol. The van der Waals surface area contributed by atoms with Gasteiger partial charge in [0.05, 0.1) is 7.11 Å². The largest absolute Gasteiger partial charge is 0.490 e. The predicted molar refractivity (Wildman–Crippen MR) is 62.2 cm³/mol. The molecule has 0 unspecified atom stereocenters. The van der Waals surface area contributed by atoms with Crippen LogP contribution in [-0.2, 0) is 0 Å². The maximum absolute atomic E-state index is 5.34. The van der Waals surface area contributed by atoms with Crippen LogP contribution in [-0.4, -0.2) is 23.6 Å². The minimum atomic E-state index is 0.409. The second-order valence-corrected chi connectivity index (χ2v) is 4.41. The molecule has 6 heteroatoms. The number of methoxy groups -OCH3 is 1. The SMILES string of the molecule is COc1c(NN)ncnc1NCC1(C)CC1. The molecule has 0 aromatic carbocycles. The Labute approximate surface area is 94.6 Å². The van der Waals surface area contributed by atoms with E-state index in [4.69, 9.17) is 10.6 Å². The summed E-state index contributed by atoms with van der Waals surface area (Å²) in [6.45, 7) is 3.14. The topological polar surface area (TPSA) is 85.1 Å². The third-order valence-electron chi connectivity index (χ3n) is 2.93. The molecule has 1 aliphatic rings. The molecule has 0 spiro atoms. The maximum atomic E-state index is 5.34. The molecule has 1 heterocycles. The van der Waals surface area contributed by atoms with Gasteiger partial charge in [0.2, 0.25) is 5.75 Å². The number of nitrogens with two attached hydrogens (primary N) is 1. The average Bonchev–Trinajstić information content (AvgIpc) is 3.04. The van der Waals surface area contributed by atoms with Crippen LogP contribution < -0.4 is 21.3 Å². The number of nitrogens with zero attached hydrogens (tertiary/aromatic N) is 2. The first-order valence-corrected chi connectivity index (χ1v) is 5.28. The number of nitrogens with one attached hydrogen (secondary N) is 2. The normalized spacial score (nSPS) is 16.7. The molecule has 0 radical (unpaired) electrons. The second-order valence-electron chi connectivity index (χ2n) is 4.41. The van der Waals surface area contributed by atoms with E-state index in [9.17, 15) is 0 Å². The van der Waals surface area contributed by atoms with Gasteiger partial charge in [0.1, 0.15) is 6.33 Å². The van der Waals surface area contributed by atoms with Crippen molar-refractivity contribution in [1.82, 2.24) is 9.97 Å². The Morgan fingerprint density at radius 2 is 2.12 bits per heavy atom. The van der Waals surface area contributed by atoms with Crippen LogP contribution in [0.4, 0.5) is 11.6 Å². The van der Waals surface area contributed by atoms with E-state index in [2.05, 4.69) is 27.6 Å². The molecule has 4 N–H and O–H groups in total. The first kappa shape index (κ1) is 10.9. The van der Waals surface area contributed by atoms with E-state index in [-0.39, 0.29) is 0 Å². The first-order chi connectivity index (χ1) is 7.68. The van der Waals surface area contributed by atoms with Crippen molar-refractivity contribution in [2.45, 2.75) is 19.8 Å². The van der Waals surface area contributed by atoms with E-state index in [1.807, 2.05) is 0 Å². The summed E-state index contributed by atoms with van der Waals surface area (Å²) in [6.07, 6.45) is 3.97. The number of ether oxygens (including phenoxy) is 1. The Hall–Kier alpha value is -1.56. The molecule has 1 aromatic heterocycles. The summed E-state index contributed by atoms with van der Waals surface area (Å²) in [7, 11) is 1.57. The van der Waals surface area contributed by atoms with Crippen LogP contribution in [0.15, 0.2) is 6.33 Å². The lowest BCUT2D eigenvalue weighted by Crippen LogP contribution is -2.16. The summed E-state index contributed by atoms with van der Waals surface area (Å²) in [5.41, 5.74) is 2.89. The van der Waals surface area contributed by atoms with E-state index in [0.29, 0.717) is 22.8 Å². The van der Waals surface area contributed by atoms with Crippen LogP contribution in [0.5, 0.6) is 5.75 Å². The van der Waals surface area contributed by atoms with Gasteiger partial charge in [-0.3, -0.25) is 0 Å².